The highest BCUT2D eigenvalue weighted by Crippen LogP contribution is 2.69. The molecule has 4 N–H and O–H groups in total. The lowest BCUT2D eigenvalue weighted by molar-refractivity contribution is -0.222. The van der Waals surface area contributed by atoms with Gasteiger partial charge >= 0.3 is 0 Å². The fourth-order valence-corrected chi connectivity index (χ4v) is 6.85. The van der Waals surface area contributed by atoms with Gasteiger partial charge in [0.05, 0.1) is 12.2 Å². The molecule has 0 bridgehead atoms. The smallest absolute Gasteiger partial charge is 0.192 e. The zero-order valence-electron chi connectivity index (χ0n) is 16.1. The van der Waals surface area contributed by atoms with E-state index in [0.29, 0.717) is 18.4 Å². The summed E-state index contributed by atoms with van der Waals surface area (Å²) in [5.41, 5.74) is -6.12. The summed E-state index contributed by atoms with van der Waals surface area (Å²) in [6.07, 6.45) is 1.93. The number of halogens is 1. The maximum Gasteiger partial charge on any atom is 0.192 e. The van der Waals surface area contributed by atoms with Crippen LogP contribution in [0.25, 0.3) is 0 Å². The third-order valence-corrected chi connectivity index (χ3v) is 8.43. The van der Waals surface area contributed by atoms with Crippen LogP contribution in [0.1, 0.15) is 39.5 Å². The van der Waals surface area contributed by atoms with Crippen LogP contribution >= 0.6 is 0 Å². The number of Topliss-reactive ketones (excluding diaryl/α,β-unsaturated/α-hetero) is 1. The van der Waals surface area contributed by atoms with Crippen LogP contribution in [-0.2, 0) is 9.59 Å². The summed E-state index contributed by atoms with van der Waals surface area (Å²) in [5, 5.41) is 42.1. The molecule has 0 aromatic carbocycles. The van der Waals surface area contributed by atoms with Crippen LogP contribution in [0, 0.1) is 22.7 Å². The number of hydrogen-bond acceptors (Lipinski definition) is 6. The lowest BCUT2D eigenvalue weighted by Gasteiger charge is -2.62. The lowest BCUT2D eigenvalue weighted by Crippen LogP contribution is -2.69. The normalized spacial score (nSPS) is 52.5. The number of rotatable bonds is 2. The largest absolute Gasteiger partial charge is 0.390 e. The predicted octanol–water partition coefficient (Wildman–Crippen LogP) is 0.620. The van der Waals surface area contributed by atoms with Crippen molar-refractivity contribution in [3.63, 3.8) is 0 Å². The van der Waals surface area contributed by atoms with Gasteiger partial charge in [-0.3, -0.25) is 9.59 Å². The average Bonchev–Trinajstić information content (AvgIpc) is 2.84. The quantitative estimate of drug-likeness (QED) is 0.546. The highest BCUT2D eigenvalue weighted by Gasteiger charge is 2.76. The first-order valence-corrected chi connectivity index (χ1v) is 9.82. The van der Waals surface area contributed by atoms with Crippen molar-refractivity contribution in [1.82, 2.24) is 0 Å². The zero-order chi connectivity index (χ0) is 20.7. The second-order valence-corrected chi connectivity index (χ2v) is 9.36. The van der Waals surface area contributed by atoms with Crippen molar-refractivity contribution in [3.8, 4) is 0 Å². The van der Waals surface area contributed by atoms with Crippen LogP contribution in [-0.4, -0.2) is 62.1 Å². The molecular formula is C21H27FO6. The van der Waals surface area contributed by atoms with Crippen molar-refractivity contribution in [1.29, 1.82) is 0 Å². The molecule has 4 aliphatic carbocycles. The van der Waals surface area contributed by atoms with Gasteiger partial charge in [-0.2, -0.15) is 0 Å². The second-order valence-electron chi connectivity index (χ2n) is 9.36. The number of alkyl halides is 1. The van der Waals surface area contributed by atoms with Gasteiger partial charge in [0.1, 0.15) is 6.61 Å². The molecule has 0 saturated heterocycles. The number of carbonyl (C=O) groups excluding carboxylic acids is 2. The Balaban J connectivity index is 1.84. The van der Waals surface area contributed by atoms with E-state index < -0.39 is 58.5 Å². The zero-order valence-corrected chi connectivity index (χ0v) is 16.1. The number of hydrogen-bond donors (Lipinski definition) is 4. The molecule has 6 nitrogen and oxygen atoms in total. The molecule has 3 fully saturated rings. The predicted molar refractivity (Wildman–Crippen MR) is 96.8 cm³/mol. The van der Waals surface area contributed by atoms with E-state index in [0.717, 1.165) is 0 Å². The molecule has 154 valence electrons. The van der Waals surface area contributed by atoms with E-state index in [9.17, 15) is 30.0 Å². The summed E-state index contributed by atoms with van der Waals surface area (Å²) in [7, 11) is 0. The number of fused-ring (bicyclic) bond motifs is 5. The minimum Gasteiger partial charge on any atom is -0.390 e. The Morgan fingerprint density at radius 3 is 2.57 bits per heavy atom. The van der Waals surface area contributed by atoms with Crippen LogP contribution in [0.15, 0.2) is 23.8 Å². The third-order valence-electron chi connectivity index (χ3n) is 8.43. The van der Waals surface area contributed by atoms with Crippen LogP contribution < -0.4 is 0 Å². The van der Waals surface area contributed by atoms with Gasteiger partial charge < -0.3 is 20.4 Å². The fraction of sp³-hybridized carbons (Fsp3) is 0.714. The van der Waals surface area contributed by atoms with E-state index >= 15 is 4.39 Å². The van der Waals surface area contributed by atoms with Crippen LogP contribution in [0.3, 0.4) is 0 Å². The molecule has 0 aromatic heterocycles. The first-order valence-electron chi connectivity index (χ1n) is 9.82. The highest BCUT2D eigenvalue weighted by atomic mass is 19.1. The van der Waals surface area contributed by atoms with Crippen molar-refractivity contribution in [2.45, 2.75) is 63.0 Å². The van der Waals surface area contributed by atoms with Gasteiger partial charge in [-0.15, -0.1) is 0 Å². The topological polar surface area (TPSA) is 115 Å². The Morgan fingerprint density at radius 1 is 1.25 bits per heavy atom. The van der Waals surface area contributed by atoms with Crippen molar-refractivity contribution in [2.75, 3.05) is 6.61 Å². The molecular weight excluding hydrogens is 367 g/mol. The first kappa shape index (κ1) is 19.9. The van der Waals surface area contributed by atoms with E-state index in [1.807, 2.05) is 0 Å². The van der Waals surface area contributed by atoms with Crippen molar-refractivity contribution in [2.24, 2.45) is 22.7 Å². The molecule has 4 rings (SSSR count). The molecule has 4 aliphatic rings. The Labute approximate surface area is 162 Å². The van der Waals surface area contributed by atoms with Gasteiger partial charge in [0.15, 0.2) is 22.8 Å². The van der Waals surface area contributed by atoms with Crippen molar-refractivity contribution >= 4 is 11.6 Å². The number of aliphatic hydroxyl groups excluding tert-OH is 3. The third kappa shape index (κ3) is 2.01. The monoisotopic (exact) mass is 394 g/mol. The number of allylic oxidation sites excluding steroid dienone is 4. The minimum atomic E-state index is -2.23. The van der Waals surface area contributed by atoms with Gasteiger partial charge in [-0.05, 0) is 50.7 Å². The molecule has 28 heavy (non-hydrogen) atoms. The minimum absolute atomic E-state index is 0.0135. The summed E-state index contributed by atoms with van der Waals surface area (Å²) < 4.78 is 16.8. The van der Waals surface area contributed by atoms with E-state index in [1.165, 1.54) is 18.2 Å². The molecule has 7 heteroatoms. The SMILES string of the molecule is C[C@]12C=CC(=O)C=C1CC[C@@H]1[C@@H]3C[C@H](O)[C@](O)(C(=O)CO)[C@]3(C)C[C@H](O)[C@]12F. The van der Waals surface area contributed by atoms with E-state index in [-0.39, 0.29) is 18.6 Å². The van der Waals surface area contributed by atoms with Gasteiger partial charge in [-0.1, -0.05) is 18.6 Å². The molecule has 0 aliphatic heterocycles. The molecule has 0 aromatic rings. The molecule has 0 heterocycles. The summed E-state index contributed by atoms with van der Waals surface area (Å²) >= 11 is 0. The number of aliphatic hydroxyl groups is 4. The van der Waals surface area contributed by atoms with Gasteiger partial charge in [0.25, 0.3) is 0 Å². The molecule has 8 atom stereocenters. The highest BCUT2D eigenvalue weighted by molar-refractivity contribution is 6.01. The molecule has 0 spiro atoms. The Morgan fingerprint density at radius 2 is 1.93 bits per heavy atom. The molecule has 0 amide bonds. The fourth-order valence-electron chi connectivity index (χ4n) is 6.85. The van der Waals surface area contributed by atoms with Crippen molar-refractivity contribution < 1.29 is 34.4 Å². The van der Waals surface area contributed by atoms with E-state index in [1.54, 1.807) is 13.8 Å². The maximum absolute atomic E-state index is 16.8. The van der Waals surface area contributed by atoms with E-state index in [2.05, 4.69) is 0 Å². The van der Waals surface area contributed by atoms with Crippen LogP contribution in [0.2, 0.25) is 0 Å². The second kappa shape index (κ2) is 5.81. The summed E-state index contributed by atoms with van der Waals surface area (Å²) in [6, 6.07) is 0. The van der Waals surface area contributed by atoms with Crippen molar-refractivity contribution in [3.05, 3.63) is 23.8 Å². The Kier molecular flexibility index (Phi) is 4.13. The van der Waals surface area contributed by atoms with E-state index in [4.69, 9.17) is 0 Å². The van der Waals surface area contributed by atoms with Gasteiger partial charge in [-0.25, -0.2) is 4.39 Å². The van der Waals surface area contributed by atoms with Gasteiger partial charge in [0.2, 0.25) is 0 Å². The Bertz CT molecular complexity index is 807. The molecule has 0 unspecified atom stereocenters. The lowest BCUT2D eigenvalue weighted by atomic mass is 9.44. The average molecular weight is 394 g/mol. The van der Waals surface area contributed by atoms with Crippen LogP contribution in [0.4, 0.5) is 4.39 Å². The summed E-state index contributed by atoms with van der Waals surface area (Å²) in [6.45, 7) is 2.33. The Hall–Kier alpha value is -1.41. The summed E-state index contributed by atoms with van der Waals surface area (Å²) in [5.74, 6) is -2.38. The standard InChI is InChI=1S/C21H27FO6/c1-18-6-5-12(24)7-11(18)3-4-13-14-8-15(25)21(28,17(27)10-23)19(14,2)9-16(26)20(13,18)22/h5-7,13-16,23,25-26,28H,3-4,8-10H2,1-2H3/t13-,14+,15+,16+,18+,19-,20-,21+/m1/s1. The summed E-state index contributed by atoms with van der Waals surface area (Å²) in [4.78, 5) is 24.2. The first-order chi connectivity index (χ1) is 13.0. The van der Waals surface area contributed by atoms with Crippen LogP contribution in [0.5, 0.6) is 0 Å². The maximum atomic E-state index is 16.8. The van der Waals surface area contributed by atoms with Gasteiger partial charge in [0, 0.05) is 16.7 Å². The molecule has 3 saturated carbocycles. The number of ketones is 2. The molecule has 0 radical (unpaired) electrons. The number of carbonyl (C=O) groups is 2.